The molecule has 2 atom stereocenters. The molecule has 0 spiro atoms. The van der Waals surface area contributed by atoms with Crippen molar-refractivity contribution >= 4 is 17.8 Å². The second-order valence-electron chi connectivity index (χ2n) is 5.89. The van der Waals surface area contributed by atoms with Gasteiger partial charge in [0.05, 0.1) is 19.1 Å². The van der Waals surface area contributed by atoms with Crippen molar-refractivity contribution in [1.29, 1.82) is 0 Å². The first-order valence-corrected chi connectivity index (χ1v) is 7.75. The highest BCUT2D eigenvalue weighted by atomic mass is 16.5. The molecular formula is C15H21N5O3. The van der Waals surface area contributed by atoms with Gasteiger partial charge in [0, 0.05) is 51.6 Å². The van der Waals surface area contributed by atoms with Gasteiger partial charge in [-0.2, -0.15) is 0 Å². The Hall–Kier alpha value is -2.22. The minimum Gasteiger partial charge on any atom is -0.384 e. The van der Waals surface area contributed by atoms with E-state index in [9.17, 15) is 9.59 Å². The maximum atomic E-state index is 12.8. The van der Waals surface area contributed by atoms with Crippen molar-refractivity contribution in [3.05, 3.63) is 18.5 Å². The molecule has 0 radical (unpaired) electrons. The van der Waals surface area contributed by atoms with Gasteiger partial charge in [-0.05, 0) is 6.07 Å². The van der Waals surface area contributed by atoms with Crippen LogP contribution in [0.2, 0.25) is 0 Å². The highest BCUT2D eigenvalue weighted by Gasteiger charge is 2.41. The van der Waals surface area contributed by atoms with E-state index in [0.717, 1.165) is 0 Å². The number of rotatable bonds is 4. The fourth-order valence-electron chi connectivity index (χ4n) is 3.21. The molecule has 0 aliphatic carbocycles. The Morgan fingerprint density at radius 2 is 2.17 bits per heavy atom. The number of carbonyl (C=O) groups excluding carboxylic acids is 2. The molecule has 1 aromatic rings. The number of piperazine rings is 1. The van der Waals surface area contributed by atoms with E-state index in [0.29, 0.717) is 38.7 Å². The van der Waals surface area contributed by atoms with Gasteiger partial charge in [-0.1, -0.05) is 0 Å². The molecule has 8 heteroatoms. The standard InChI is InChI=1S/C15H21N5O3/c1-23-10-11-7-20(15-17-3-2-4-18-15)8-12(11)14(22)19-6-5-16-13(21)9-19/h2-4,11-12H,5-10H2,1H3,(H,16,21)/t11-,12+/m0/s1. The maximum Gasteiger partial charge on any atom is 0.239 e. The van der Waals surface area contributed by atoms with Gasteiger partial charge in [0.25, 0.3) is 0 Å². The third-order valence-electron chi connectivity index (χ3n) is 4.32. The van der Waals surface area contributed by atoms with Crippen molar-refractivity contribution in [3.63, 3.8) is 0 Å². The number of nitrogens with zero attached hydrogens (tertiary/aromatic N) is 4. The van der Waals surface area contributed by atoms with Crippen LogP contribution in [0, 0.1) is 11.8 Å². The second kappa shape index (κ2) is 6.91. The normalized spacial score (nSPS) is 24.7. The lowest BCUT2D eigenvalue weighted by atomic mass is 9.95. The lowest BCUT2D eigenvalue weighted by molar-refractivity contribution is -0.142. The van der Waals surface area contributed by atoms with Crippen molar-refractivity contribution in [2.24, 2.45) is 11.8 Å². The number of aromatic nitrogens is 2. The smallest absolute Gasteiger partial charge is 0.239 e. The summed E-state index contributed by atoms with van der Waals surface area (Å²) in [5, 5.41) is 2.74. The molecule has 3 heterocycles. The third-order valence-corrected chi connectivity index (χ3v) is 4.32. The quantitative estimate of drug-likeness (QED) is 0.776. The molecule has 0 saturated carbocycles. The number of hydrogen-bond donors (Lipinski definition) is 1. The lowest BCUT2D eigenvalue weighted by Gasteiger charge is -2.30. The lowest BCUT2D eigenvalue weighted by Crippen LogP contribution is -2.52. The van der Waals surface area contributed by atoms with E-state index in [2.05, 4.69) is 15.3 Å². The summed E-state index contributed by atoms with van der Waals surface area (Å²) in [6.07, 6.45) is 3.38. The van der Waals surface area contributed by atoms with Crippen molar-refractivity contribution in [2.45, 2.75) is 0 Å². The maximum absolute atomic E-state index is 12.8. The van der Waals surface area contributed by atoms with Gasteiger partial charge < -0.3 is 19.9 Å². The fourth-order valence-corrected chi connectivity index (χ4v) is 3.21. The predicted molar refractivity (Wildman–Crippen MR) is 82.7 cm³/mol. The SMILES string of the molecule is COC[C@@H]1CN(c2ncccn2)C[C@H]1C(=O)N1CCNC(=O)C1. The van der Waals surface area contributed by atoms with E-state index >= 15 is 0 Å². The van der Waals surface area contributed by atoms with Crippen LogP contribution in [0.25, 0.3) is 0 Å². The van der Waals surface area contributed by atoms with Crippen LogP contribution >= 0.6 is 0 Å². The molecule has 23 heavy (non-hydrogen) atoms. The van der Waals surface area contributed by atoms with Crippen LogP contribution in [0.4, 0.5) is 5.95 Å². The summed E-state index contributed by atoms with van der Waals surface area (Å²) in [5.41, 5.74) is 0. The summed E-state index contributed by atoms with van der Waals surface area (Å²) in [6.45, 7) is 2.93. The topological polar surface area (TPSA) is 87.7 Å². The van der Waals surface area contributed by atoms with Gasteiger partial charge in [-0.3, -0.25) is 9.59 Å². The predicted octanol–water partition coefficient (Wildman–Crippen LogP) is -0.866. The summed E-state index contributed by atoms with van der Waals surface area (Å²) in [7, 11) is 1.64. The average molecular weight is 319 g/mol. The zero-order chi connectivity index (χ0) is 16.2. The van der Waals surface area contributed by atoms with Gasteiger partial charge in [-0.15, -0.1) is 0 Å². The highest BCUT2D eigenvalue weighted by molar-refractivity contribution is 5.87. The Bertz CT molecular complexity index is 567. The molecule has 8 nitrogen and oxygen atoms in total. The van der Waals surface area contributed by atoms with Crippen molar-refractivity contribution in [3.8, 4) is 0 Å². The van der Waals surface area contributed by atoms with E-state index in [1.165, 1.54) is 0 Å². The number of methoxy groups -OCH3 is 1. The van der Waals surface area contributed by atoms with Gasteiger partial charge in [0.2, 0.25) is 17.8 Å². The van der Waals surface area contributed by atoms with Gasteiger partial charge in [-0.25, -0.2) is 9.97 Å². The molecule has 1 N–H and O–H groups in total. The molecule has 3 rings (SSSR count). The molecule has 2 amide bonds. The van der Waals surface area contributed by atoms with E-state index in [1.54, 1.807) is 30.5 Å². The van der Waals surface area contributed by atoms with Crippen molar-refractivity contribution in [1.82, 2.24) is 20.2 Å². The molecule has 2 aliphatic rings. The number of ether oxygens (including phenoxy) is 1. The van der Waals surface area contributed by atoms with E-state index < -0.39 is 0 Å². The minimum atomic E-state index is -0.204. The second-order valence-corrected chi connectivity index (χ2v) is 5.89. The van der Waals surface area contributed by atoms with Gasteiger partial charge in [0.15, 0.2) is 0 Å². The van der Waals surface area contributed by atoms with E-state index in [1.807, 2.05) is 4.90 Å². The monoisotopic (exact) mass is 319 g/mol. The molecule has 124 valence electrons. The molecule has 0 bridgehead atoms. The Balaban J connectivity index is 1.73. The third kappa shape index (κ3) is 3.42. The fraction of sp³-hybridized carbons (Fsp3) is 0.600. The number of anilines is 1. The zero-order valence-electron chi connectivity index (χ0n) is 13.1. The Labute approximate surface area is 134 Å². The molecular weight excluding hydrogens is 298 g/mol. The first-order valence-electron chi connectivity index (χ1n) is 7.75. The molecule has 0 aromatic carbocycles. The number of amides is 2. The largest absolute Gasteiger partial charge is 0.384 e. The number of hydrogen-bond acceptors (Lipinski definition) is 6. The molecule has 0 unspecified atom stereocenters. The number of carbonyl (C=O) groups is 2. The molecule has 2 aliphatic heterocycles. The van der Waals surface area contributed by atoms with Crippen LogP contribution in [0.15, 0.2) is 18.5 Å². The minimum absolute atomic E-state index is 0.0142. The van der Waals surface area contributed by atoms with Crippen LogP contribution in [0.5, 0.6) is 0 Å². The summed E-state index contributed by atoms with van der Waals surface area (Å²) < 4.78 is 5.28. The number of nitrogens with one attached hydrogen (secondary N) is 1. The average Bonchev–Trinajstić information content (AvgIpc) is 2.99. The Morgan fingerprint density at radius 1 is 1.39 bits per heavy atom. The van der Waals surface area contributed by atoms with Crippen LogP contribution in [0.1, 0.15) is 0 Å². The van der Waals surface area contributed by atoms with Crippen molar-refractivity contribution in [2.75, 3.05) is 51.3 Å². The van der Waals surface area contributed by atoms with Crippen LogP contribution < -0.4 is 10.2 Å². The molecule has 2 fully saturated rings. The Morgan fingerprint density at radius 3 is 2.87 bits per heavy atom. The highest BCUT2D eigenvalue weighted by Crippen LogP contribution is 2.28. The molecule has 1 aromatic heterocycles. The zero-order valence-corrected chi connectivity index (χ0v) is 13.1. The van der Waals surface area contributed by atoms with Gasteiger partial charge >= 0.3 is 0 Å². The summed E-state index contributed by atoms with van der Waals surface area (Å²) >= 11 is 0. The van der Waals surface area contributed by atoms with E-state index in [-0.39, 0.29) is 30.2 Å². The van der Waals surface area contributed by atoms with Crippen molar-refractivity contribution < 1.29 is 14.3 Å². The molecule has 2 saturated heterocycles. The van der Waals surface area contributed by atoms with Crippen LogP contribution in [0.3, 0.4) is 0 Å². The summed E-state index contributed by atoms with van der Waals surface area (Å²) in [4.78, 5) is 36.5. The van der Waals surface area contributed by atoms with Crippen LogP contribution in [-0.2, 0) is 14.3 Å². The Kier molecular flexibility index (Phi) is 4.71. The first kappa shape index (κ1) is 15.7. The van der Waals surface area contributed by atoms with E-state index in [4.69, 9.17) is 4.74 Å². The summed E-state index contributed by atoms with van der Waals surface area (Å²) in [6, 6.07) is 1.77. The van der Waals surface area contributed by atoms with Gasteiger partial charge in [0.1, 0.15) is 0 Å². The van der Waals surface area contributed by atoms with Crippen LogP contribution in [-0.4, -0.2) is 73.1 Å². The summed E-state index contributed by atoms with van der Waals surface area (Å²) in [5.74, 6) is 0.403. The first-order chi connectivity index (χ1) is 11.2.